The van der Waals surface area contributed by atoms with Gasteiger partial charge in [-0.25, -0.2) is 9.37 Å². The number of anilines is 1. The Morgan fingerprint density at radius 2 is 2.06 bits per heavy atom. The summed E-state index contributed by atoms with van der Waals surface area (Å²) in [6.07, 6.45) is 1.13. The van der Waals surface area contributed by atoms with E-state index < -0.39 is 0 Å². The Labute approximate surface area is 187 Å². The maximum atomic E-state index is 14.0. The number of carbonyl (C=O) groups excluding carboxylic acids is 1. The van der Waals surface area contributed by atoms with Gasteiger partial charge < -0.3 is 10.1 Å². The van der Waals surface area contributed by atoms with Crippen molar-refractivity contribution in [1.82, 2.24) is 14.8 Å². The van der Waals surface area contributed by atoms with E-state index in [9.17, 15) is 9.18 Å². The molecule has 2 heterocycles. The van der Waals surface area contributed by atoms with E-state index in [0.29, 0.717) is 22.9 Å². The van der Waals surface area contributed by atoms with E-state index in [0.717, 1.165) is 33.2 Å². The molecule has 0 aliphatic rings. The van der Waals surface area contributed by atoms with Gasteiger partial charge in [-0.1, -0.05) is 17.4 Å². The Balaban J connectivity index is 1.36. The van der Waals surface area contributed by atoms with Crippen LogP contribution in [0.15, 0.2) is 53.4 Å². The minimum atomic E-state index is -0.371. The van der Waals surface area contributed by atoms with Crippen molar-refractivity contribution < 1.29 is 13.9 Å². The molecule has 160 valence electrons. The zero-order valence-corrected chi connectivity index (χ0v) is 18.7. The number of hydrogen-bond donors (Lipinski definition) is 1. The lowest BCUT2D eigenvalue weighted by molar-refractivity contribution is -0.116. The first-order valence-corrected chi connectivity index (χ1v) is 11.5. The Morgan fingerprint density at radius 1 is 1.26 bits per heavy atom. The molecule has 6 nitrogen and oxygen atoms in total. The number of thioether (sulfide) groups is 1. The van der Waals surface area contributed by atoms with E-state index in [1.165, 1.54) is 17.4 Å². The fourth-order valence-electron chi connectivity index (χ4n) is 3.03. The quantitative estimate of drug-likeness (QED) is 0.282. The van der Waals surface area contributed by atoms with Crippen LogP contribution in [0.5, 0.6) is 5.75 Å². The molecule has 0 aliphatic heterocycles. The lowest BCUT2D eigenvalue weighted by Gasteiger charge is -2.07. The van der Waals surface area contributed by atoms with Gasteiger partial charge in [0.05, 0.1) is 17.5 Å². The number of benzene rings is 2. The van der Waals surface area contributed by atoms with Gasteiger partial charge in [0.15, 0.2) is 0 Å². The van der Waals surface area contributed by atoms with Gasteiger partial charge in [-0.3, -0.25) is 4.79 Å². The first-order valence-electron chi connectivity index (χ1n) is 9.72. The molecule has 4 rings (SSSR count). The monoisotopic (exact) mass is 456 g/mol. The molecule has 2 aromatic heterocycles. The minimum Gasteiger partial charge on any atom is -0.497 e. The third kappa shape index (κ3) is 5.05. The third-order valence-corrected chi connectivity index (χ3v) is 6.61. The summed E-state index contributed by atoms with van der Waals surface area (Å²) in [6, 6.07) is 14.5. The predicted molar refractivity (Wildman–Crippen MR) is 123 cm³/mol. The second-order valence-electron chi connectivity index (χ2n) is 6.84. The second-order valence-corrected chi connectivity index (χ2v) is 9.02. The van der Waals surface area contributed by atoms with Crippen LogP contribution in [-0.2, 0) is 4.79 Å². The smallest absolute Gasteiger partial charge is 0.225 e. The molecule has 0 bridgehead atoms. The zero-order chi connectivity index (χ0) is 21.8. The average Bonchev–Trinajstić information content (AvgIpc) is 3.35. The number of halogens is 1. The van der Waals surface area contributed by atoms with Crippen molar-refractivity contribution in [2.75, 3.05) is 18.2 Å². The van der Waals surface area contributed by atoms with Crippen molar-refractivity contribution in [2.24, 2.45) is 0 Å². The Bertz CT molecular complexity index is 1200. The third-order valence-electron chi connectivity index (χ3n) is 4.52. The van der Waals surface area contributed by atoms with Crippen molar-refractivity contribution in [3.63, 3.8) is 0 Å². The van der Waals surface area contributed by atoms with Gasteiger partial charge >= 0.3 is 0 Å². The summed E-state index contributed by atoms with van der Waals surface area (Å²) in [5.41, 5.74) is 1.05. The van der Waals surface area contributed by atoms with E-state index in [4.69, 9.17) is 4.74 Å². The summed E-state index contributed by atoms with van der Waals surface area (Å²) in [6.45, 7) is 1.84. The Kier molecular flexibility index (Phi) is 6.53. The number of aromatic nitrogens is 3. The fourth-order valence-corrected chi connectivity index (χ4v) is 4.83. The molecule has 9 heteroatoms. The van der Waals surface area contributed by atoms with Crippen molar-refractivity contribution in [3.8, 4) is 10.9 Å². The van der Waals surface area contributed by atoms with E-state index in [1.807, 2.05) is 37.3 Å². The number of fused-ring (bicyclic) bond motifs is 1. The number of ether oxygens (including phenoxy) is 1. The van der Waals surface area contributed by atoms with Crippen LogP contribution >= 0.6 is 23.1 Å². The van der Waals surface area contributed by atoms with Crippen LogP contribution in [0, 0.1) is 12.7 Å². The summed E-state index contributed by atoms with van der Waals surface area (Å²) in [5, 5.41) is 7.85. The summed E-state index contributed by atoms with van der Waals surface area (Å²) < 4.78 is 21.5. The molecule has 31 heavy (non-hydrogen) atoms. The molecule has 0 radical (unpaired) electrons. The predicted octanol–water partition coefficient (Wildman–Crippen LogP) is 5.45. The lowest BCUT2D eigenvalue weighted by atomic mass is 10.3. The number of rotatable bonds is 8. The molecule has 4 aromatic rings. The molecule has 0 spiro atoms. The van der Waals surface area contributed by atoms with Gasteiger partial charge in [0.1, 0.15) is 22.9 Å². The topological polar surface area (TPSA) is 69.0 Å². The highest BCUT2D eigenvalue weighted by Gasteiger charge is 2.15. The molecular weight excluding hydrogens is 435 g/mol. The highest BCUT2D eigenvalue weighted by atomic mass is 32.2. The van der Waals surface area contributed by atoms with Gasteiger partial charge in [-0.05, 0) is 55.5 Å². The van der Waals surface area contributed by atoms with Gasteiger partial charge in [0.2, 0.25) is 11.0 Å². The van der Waals surface area contributed by atoms with E-state index in [-0.39, 0.29) is 11.7 Å². The van der Waals surface area contributed by atoms with Crippen LogP contribution in [-0.4, -0.2) is 33.5 Å². The van der Waals surface area contributed by atoms with Gasteiger partial charge in [0.25, 0.3) is 0 Å². The van der Waals surface area contributed by atoms with E-state index >= 15 is 0 Å². The number of thiazole rings is 1. The standard InChI is InChI=1S/C22H21FN4O2S2/c1-14-13-19(27(26-14)22-25-21-17(23)5-3-6-18(21)31-22)24-20(28)7-4-12-30-16-10-8-15(29-2)9-11-16/h3,5-6,8-11,13H,4,7,12H2,1-2H3,(H,24,28). The van der Waals surface area contributed by atoms with Crippen molar-refractivity contribution in [1.29, 1.82) is 0 Å². The highest BCUT2D eigenvalue weighted by molar-refractivity contribution is 7.99. The number of methoxy groups -OCH3 is 1. The van der Waals surface area contributed by atoms with Crippen LogP contribution in [0.2, 0.25) is 0 Å². The number of nitrogens with one attached hydrogen (secondary N) is 1. The Hall–Kier alpha value is -2.91. The highest BCUT2D eigenvalue weighted by Crippen LogP contribution is 2.29. The number of carbonyl (C=O) groups is 1. The van der Waals surface area contributed by atoms with Crippen molar-refractivity contribution in [3.05, 3.63) is 60.0 Å². The number of para-hydroxylation sites is 1. The maximum absolute atomic E-state index is 14.0. The molecule has 0 atom stereocenters. The molecule has 0 fully saturated rings. The van der Waals surface area contributed by atoms with E-state index in [2.05, 4.69) is 15.4 Å². The largest absolute Gasteiger partial charge is 0.497 e. The summed E-state index contributed by atoms with van der Waals surface area (Å²) in [4.78, 5) is 18.0. The molecule has 1 amide bonds. The first-order chi connectivity index (χ1) is 15.0. The molecule has 2 aromatic carbocycles. The minimum absolute atomic E-state index is 0.0937. The summed E-state index contributed by atoms with van der Waals surface area (Å²) in [7, 11) is 1.64. The average molecular weight is 457 g/mol. The SMILES string of the molecule is COc1ccc(SCCCC(=O)Nc2cc(C)nn2-c2nc3c(F)cccc3s2)cc1. The lowest BCUT2D eigenvalue weighted by Crippen LogP contribution is -2.14. The summed E-state index contributed by atoms with van der Waals surface area (Å²) >= 11 is 3.03. The fraction of sp³-hybridized carbons (Fsp3) is 0.227. The molecule has 0 saturated carbocycles. The van der Waals surface area contributed by atoms with Crippen LogP contribution in [0.3, 0.4) is 0 Å². The molecule has 0 unspecified atom stereocenters. The van der Waals surface area contributed by atoms with Crippen LogP contribution in [0.25, 0.3) is 15.3 Å². The maximum Gasteiger partial charge on any atom is 0.225 e. The van der Waals surface area contributed by atoms with Crippen molar-refractivity contribution in [2.45, 2.75) is 24.7 Å². The molecule has 0 aliphatic carbocycles. The number of aryl methyl sites for hydroxylation is 1. The number of hydrogen-bond acceptors (Lipinski definition) is 6. The van der Waals surface area contributed by atoms with Crippen molar-refractivity contribution >= 4 is 45.0 Å². The summed E-state index contributed by atoms with van der Waals surface area (Å²) in [5.74, 6) is 1.72. The van der Waals surface area contributed by atoms with E-state index in [1.54, 1.807) is 35.7 Å². The Morgan fingerprint density at radius 3 is 2.81 bits per heavy atom. The first kappa shape index (κ1) is 21.3. The van der Waals surface area contributed by atoms with Gasteiger partial charge in [-0.15, -0.1) is 11.8 Å². The molecular formula is C22H21FN4O2S2. The van der Waals surface area contributed by atoms with Crippen LogP contribution in [0.1, 0.15) is 18.5 Å². The number of amides is 1. The van der Waals surface area contributed by atoms with Gasteiger partial charge in [-0.2, -0.15) is 9.78 Å². The molecule has 1 N–H and O–H groups in total. The van der Waals surface area contributed by atoms with Crippen LogP contribution in [0.4, 0.5) is 10.2 Å². The second kappa shape index (κ2) is 9.49. The van der Waals surface area contributed by atoms with Gasteiger partial charge in [0, 0.05) is 17.4 Å². The number of nitrogens with zero attached hydrogens (tertiary/aromatic N) is 3. The normalized spacial score (nSPS) is 11.1. The van der Waals surface area contributed by atoms with Crippen LogP contribution < -0.4 is 10.1 Å². The molecule has 0 saturated heterocycles. The zero-order valence-electron chi connectivity index (χ0n) is 17.1.